The first-order valence-electron chi connectivity index (χ1n) is 7.39. The molecule has 2 aromatic heterocycles. The molecule has 0 radical (unpaired) electrons. The lowest BCUT2D eigenvalue weighted by atomic mass is 10.2. The molecule has 1 aromatic carbocycles. The van der Waals surface area contributed by atoms with E-state index in [1.807, 2.05) is 26.0 Å². The van der Waals surface area contributed by atoms with Crippen molar-refractivity contribution in [2.24, 2.45) is 0 Å². The summed E-state index contributed by atoms with van der Waals surface area (Å²) >= 11 is 4.86. The van der Waals surface area contributed by atoms with Crippen LogP contribution in [0.4, 0.5) is 5.69 Å². The number of aromatic nitrogens is 2. The number of fused-ring (bicyclic) bond motifs is 1. The third-order valence-electron chi connectivity index (χ3n) is 3.91. The zero-order chi connectivity index (χ0) is 17.4. The summed E-state index contributed by atoms with van der Waals surface area (Å²) in [4.78, 5) is 31.3. The van der Waals surface area contributed by atoms with Gasteiger partial charge in [0.2, 0.25) is 5.91 Å². The van der Waals surface area contributed by atoms with E-state index < -0.39 is 0 Å². The molecule has 0 atom stereocenters. The van der Waals surface area contributed by atoms with E-state index in [4.69, 9.17) is 0 Å². The van der Waals surface area contributed by atoms with E-state index in [0.717, 1.165) is 19.7 Å². The Labute approximate surface area is 151 Å². The quantitative estimate of drug-likeness (QED) is 0.720. The number of carbonyl (C=O) groups is 1. The Morgan fingerprint density at radius 1 is 1.25 bits per heavy atom. The number of nitrogens with one attached hydrogen (secondary N) is 1. The van der Waals surface area contributed by atoms with Crippen LogP contribution in [0.5, 0.6) is 0 Å². The van der Waals surface area contributed by atoms with Crippen molar-refractivity contribution in [1.82, 2.24) is 9.55 Å². The Balaban J connectivity index is 1.92. The summed E-state index contributed by atoms with van der Waals surface area (Å²) in [6.45, 7) is 5.58. The second-order valence-corrected chi connectivity index (χ2v) is 7.69. The highest BCUT2D eigenvalue weighted by atomic mass is 79.9. The van der Waals surface area contributed by atoms with Gasteiger partial charge in [0.05, 0.1) is 5.39 Å². The summed E-state index contributed by atoms with van der Waals surface area (Å²) in [6.07, 6.45) is 0. The van der Waals surface area contributed by atoms with Gasteiger partial charge in [-0.3, -0.25) is 14.2 Å². The number of anilines is 1. The highest BCUT2D eigenvalue weighted by Gasteiger charge is 2.16. The molecule has 0 saturated carbocycles. The van der Waals surface area contributed by atoms with Gasteiger partial charge in [-0.1, -0.05) is 15.9 Å². The van der Waals surface area contributed by atoms with Gasteiger partial charge in [-0.2, -0.15) is 0 Å². The van der Waals surface area contributed by atoms with Crippen LogP contribution in [0.2, 0.25) is 0 Å². The Kier molecular flexibility index (Phi) is 4.56. The van der Waals surface area contributed by atoms with Crippen molar-refractivity contribution in [2.45, 2.75) is 27.3 Å². The van der Waals surface area contributed by atoms with Crippen LogP contribution in [0.25, 0.3) is 10.2 Å². The van der Waals surface area contributed by atoms with E-state index in [0.29, 0.717) is 16.9 Å². The summed E-state index contributed by atoms with van der Waals surface area (Å²) < 4.78 is 2.36. The molecule has 3 aromatic rings. The normalized spacial score (nSPS) is 11.0. The van der Waals surface area contributed by atoms with Gasteiger partial charge in [0.1, 0.15) is 17.2 Å². The smallest absolute Gasteiger partial charge is 0.263 e. The van der Waals surface area contributed by atoms with Crippen molar-refractivity contribution in [2.75, 3.05) is 5.32 Å². The number of hydrogen-bond acceptors (Lipinski definition) is 4. The van der Waals surface area contributed by atoms with Crippen LogP contribution in [-0.2, 0) is 11.3 Å². The molecule has 0 bridgehead atoms. The van der Waals surface area contributed by atoms with Gasteiger partial charge in [0.15, 0.2) is 0 Å². The highest BCUT2D eigenvalue weighted by Crippen LogP contribution is 2.26. The number of amides is 1. The molecular formula is C17H16BrN3O2S. The van der Waals surface area contributed by atoms with E-state index in [1.165, 1.54) is 15.9 Å². The number of hydrogen-bond donors (Lipinski definition) is 1. The maximum Gasteiger partial charge on any atom is 0.263 e. The Bertz CT molecular complexity index is 990. The monoisotopic (exact) mass is 405 g/mol. The average Bonchev–Trinajstić information content (AvgIpc) is 2.80. The molecule has 5 nitrogen and oxygen atoms in total. The van der Waals surface area contributed by atoms with E-state index in [9.17, 15) is 9.59 Å². The highest BCUT2D eigenvalue weighted by molar-refractivity contribution is 9.10. The molecule has 2 heterocycles. The third kappa shape index (κ3) is 3.14. The summed E-state index contributed by atoms with van der Waals surface area (Å²) in [6, 6.07) is 7.28. The lowest BCUT2D eigenvalue weighted by Gasteiger charge is -2.10. The van der Waals surface area contributed by atoms with Crippen molar-refractivity contribution < 1.29 is 4.79 Å². The molecule has 0 aliphatic heterocycles. The minimum Gasteiger partial charge on any atom is -0.325 e. The van der Waals surface area contributed by atoms with Gasteiger partial charge in [0, 0.05) is 15.0 Å². The molecule has 0 unspecified atom stereocenters. The fourth-order valence-corrected chi connectivity index (χ4v) is 3.82. The lowest BCUT2D eigenvalue weighted by molar-refractivity contribution is -0.116. The van der Waals surface area contributed by atoms with E-state index >= 15 is 0 Å². The first-order valence-corrected chi connectivity index (χ1v) is 9.00. The van der Waals surface area contributed by atoms with Crippen molar-refractivity contribution in [3.05, 3.63) is 55.4 Å². The van der Waals surface area contributed by atoms with Crippen LogP contribution in [0.15, 0.2) is 33.5 Å². The number of carbonyl (C=O) groups excluding carboxylic acids is 1. The third-order valence-corrected chi connectivity index (χ3v) is 5.54. The number of nitrogens with zero attached hydrogens (tertiary/aromatic N) is 2. The molecule has 0 aliphatic carbocycles. The Morgan fingerprint density at radius 3 is 2.58 bits per heavy atom. The maximum absolute atomic E-state index is 12.8. The van der Waals surface area contributed by atoms with Crippen LogP contribution in [0, 0.1) is 20.8 Å². The molecule has 24 heavy (non-hydrogen) atoms. The second-order valence-electron chi connectivity index (χ2n) is 5.57. The van der Waals surface area contributed by atoms with Crippen LogP contribution in [0.1, 0.15) is 16.3 Å². The molecule has 3 rings (SSSR count). The van der Waals surface area contributed by atoms with Crippen molar-refractivity contribution in [1.29, 1.82) is 0 Å². The van der Waals surface area contributed by atoms with Crippen LogP contribution >= 0.6 is 27.3 Å². The lowest BCUT2D eigenvalue weighted by Crippen LogP contribution is -2.30. The molecule has 0 aliphatic rings. The fraction of sp³-hybridized carbons (Fsp3) is 0.235. The van der Waals surface area contributed by atoms with E-state index in [2.05, 4.69) is 26.2 Å². The molecule has 124 valence electrons. The van der Waals surface area contributed by atoms with Gasteiger partial charge in [-0.05, 0) is 50.6 Å². The second kappa shape index (κ2) is 6.49. The number of benzene rings is 1. The average molecular weight is 406 g/mol. The topological polar surface area (TPSA) is 64.0 Å². The molecule has 1 N–H and O–H groups in total. The predicted octanol–water partition coefficient (Wildman–Crippen LogP) is 3.78. The standard InChI is InChI=1S/C17H16BrN3O2S/c1-9-10(2)24-16-15(9)17(23)21(11(3)19-16)8-14(22)20-13-6-4-12(18)5-7-13/h4-7H,8H2,1-3H3,(H,20,22). The zero-order valence-corrected chi connectivity index (χ0v) is 15.9. The van der Waals surface area contributed by atoms with Gasteiger partial charge in [-0.25, -0.2) is 4.98 Å². The summed E-state index contributed by atoms with van der Waals surface area (Å²) in [7, 11) is 0. The van der Waals surface area contributed by atoms with Gasteiger partial charge >= 0.3 is 0 Å². The Hall–Kier alpha value is -1.99. The number of rotatable bonds is 3. The van der Waals surface area contributed by atoms with Gasteiger partial charge < -0.3 is 5.32 Å². The zero-order valence-electron chi connectivity index (χ0n) is 13.5. The molecule has 0 spiro atoms. The molecule has 0 fully saturated rings. The first kappa shape index (κ1) is 16.9. The van der Waals surface area contributed by atoms with Crippen LogP contribution < -0.4 is 10.9 Å². The number of halogens is 1. The van der Waals surface area contributed by atoms with Crippen LogP contribution in [-0.4, -0.2) is 15.5 Å². The SMILES string of the molecule is Cc1sc2nc(C)n(CC(=O)Nc3ccc(Br)cc3)c(=O)c2c1C. The molecule has 7 heteroatoms. The van der Waals surface area contributed by atoms with Crippen molar-refractivity contribution >= 4 is 49.1 Å². The largest absolute Gasteiger partial charge is 0.325 e. The molecule has 1 amide bonds. The predicted molar refractivity (Wildman–Crippen MR) is 101 cm³/mol. The van der Waals surface area contributed by atoms with Gasteiger partial charge in [0.25, 0.3) is 5.56 Å². The summed E-state index contributed by atoms with van der Waals surface area (Å²) in [5, 5.41) is 3.41. The van der Waals surface area contributed by atoms with Crippen molar-refractivity contribution in [3.63, 3.8) is 0 Å². The fourth-order valence-electron chi connectivity index (χ4n) is 2.49. The van der Waals surface area contributed by atoms with E-state index in [1.54, 1.807) is 19.1 Å². The first-order chi connectivity index (χ1) is 11.4. The summed E-state index contributed by atoms with van der Waals surface area (Å²) in [5.41, 5.74) is 1.46. The number of thiophene rings is 1. The van der Waals surface area contributed by atoms with E-state index in [-0.39, 0.29) is 18.0 Å². The van der Waals surface area contributed by atoms with Crippen LogP contribution in [0.3, 0.4) is 0 Å². The minimum atomic E-state index is -0.256. The minimum absolute atomic E-state index is 0.0575. The van der Waals surface area contributed by atoms with Gasteiger partial charge in [-0.15, -0.1) is 11.3 Å². The summed E-state index contributed by atoms with van der Waals surface area (Å²) in [5.74, 6) is 0.285. The maximum atomic E-state index is 12.8. The molecule has 0 saturated heterocycles. The van der Waals surface area contributed by atoms with Crippen molar-refractivity contribution in [3.8, 4) is 0 Å². The number of aryl methyl sites for hydroxylation is 3. The molecular weight excluding hydrogens is 390 g/mol. The Morgan fingerprint density at radius 2 is 1.92 bits per heavy atom.